The van der Waals surface area contributed by atoms with Gasteiger partial charge in [-0.25, -0.2) is 9.78 Å². The van der Waals surface area contributed by atoms with Crippen molar-refractivity contribution in [3.63, 3.8) is 0 Å². The number of imidazole rings is 1. The average molecular weight is 335 g/mol. The minimum Gasteiger partial charge on any atom is -0.332 e. The molecule has 4 aliphatic carbocycles. The number of rotatable bonds is 2. The fourth-order valence-corrected chi connectivity index (χ4v) is 6.32. The van der Waals surface area contributed by atoms with Crippen LogP contribution in [-0.2, 0) is 5.41 Å². The van der Waals surface area contributed by atoms with Gasteiger partial charge in [-0.3, -0.25) is 4.57 Å². The lowest BCUT2D eigenvalue weighted by molar-refractivity contribution is -0.0349. The largest absolute Gasteiger partial charge is 0.332 e. The van der Waals surface area contributed by atoms with E-state index in [1.54, 1.807) is 23.3 Å². The van der Waals surface area contributed by atoms with Crippen molar-refractivity contribution in [2.24, 2.45) is 11.8 Å². The molecule has 4 bridgehead atoms. The predicted molar refractivity (Wildman–Crippen MR) is 96.4 cm³/mol. The molecule has 1 heterocycles. The van der Waals surface area contributed by atoms with Crippen LogP contribution in [0.3, 0.4) is 0 Å². The second-order valence-electron chi connectivity index (χ2n) is 8.79. The Balaban J connectivity index is 1.48. The van der Waals surface area contributed by atoms with Crippen molar-refractivity contribution in [2.75, 3.05) is 0 Å². The van der Waals surface area contributed by atoms with Gasteiger partial charge in [-0.1, -0.05) is 29.8 Å². The van der Waals surface area contributed by atoms with Crippen molar-refractivity contribution >= 4 is 6.03 Å². The Kier molecular flexibility index (Phi) is 3.16. The van der Waals surface area contributed by atoms with Gasteiger partial charge in [0.2, 0.25) is 0 Å². The van der Waals surface area contributed by atoms with Crippen molar-refractivity contribution in [3.8, 4) is 0 Å². The van der Waals surface area contributed by atoms with E-state index in [0.717, 1.165) is 31.1 Å². The maximum absolute atomic E-state index is 12.7. The predicted octanol–water partition coefficient (Wildman–Crippen LogP) is 4.04. The van der Waals surface area contributed by atoms with Crippen LogP contribution < -0.4 is 5.32 Å². The van der Waals surface area contributed by atoms with Crippen molar-refractivity contribution in [1.29, 1.82) is 0 Å². The third-order valence-electron chi connectivity index (χ3n) is 6.84. The average Bonchev–Trinajstić information content (AvgIpc) is 3.08. The van der Waals surface area contributed by atoms with E-state index in [2.05, 4.69) is 41.5 Å². The van der Waals surface area contributed by atoms with Crippen LogP contribution in [0.4, 0.5) is 4.79 Å². The zero-order valence-electron chi connectivity index (χ0n) is 14.7. The van der Waals surface area contributed by atoms with Gasteiger partial charge in [0.1, 0.15) is 6.33 Å². The van der Waals surface area contributed by atoms with Crippen molar-refractivity contribution < 1.29 is 4.79 Å². The Bertz CT molecular complexity index is 779. The van der Waals surface area contributed by atoms with Gasteiger partial charge in [-0.05, 0) is 68.3 Å². The molecule has 0 spiro atoms. The monoisotopic (exact) mass is 335 g/mol. The molecule has 2 unspecified atom stereocenters. The number of carbonyl (C=O) groups is 1. The Hall–Kier alpha value is -2.10. The van der Waals surface area contributed by atoms with Gasteiger partial charge in [0.25, 0.3) is 0 Å². The second-order valence-corrected chi connectivity index (χ2v) is 8.79. The maximum Gasteiger partial charge on any atom is 0.327 e. The number of carbonyl (C=O) groups excluding carboxylic acids is 1. The number of nitrogens with one attached hydrogen (secondary N) is 1. The molecule has 4 aliphatic rings. The normalized spacial score (nSPS) is 35.7. The first kappa shape index (κ1) is 15.2. The van der Waals surface area contributed by atoms with E-state index in [0.29, 0.717) is 0 Å². The molecule has 1 N–H and O–H groups in total. The quantitative estimate of drug-likeness (QED) is 0.900. The van der Waals surface area contributed by atoms with Crippen LogP contribution in [0.5, 0.6) is 0 Å². The summed E-state index contributed by atoms with van der Waals surface area (Å²) in [7, 11) is 0. The molecule has 4 saturated carbocycles. The van der Waals surface area contributed by atoms with Gasteiger partial charge < -0.3 is 5.32 Å². The Morgan fingerprint density at radius 2 is 1.88 bits per heavy atom. The summed E-state index contributed by atoms with van der Waals surface area (Å²) in [4.78, 5) is 16.7. The highest BCUT2D eigenvalue weighted by Crippen LogP contribution is 2.62. The molecule has 25 heavy (non-hydrogen) atoms. The molecule has 0 saturated heterocycles. The van der Waals surface area contributed by atoms with Gasteiger partial charge in [0, 0.05) is 17.9 Å². The SMILES string of the molecule is Cc1ccc(C23CC4CC(CC(NC(=O)n5ccnc5)(C4)C2)C3)cc1. The molecule has 2 aromatic rings. The van der Waals surface area contributed by atoms with E-state index in [1.807, 2.05) is 0 Å². The highest BCUT2D eigenvalue weighted by atomic mass is 16.2. The lowest BCUT2D eigenvalue weighted by atomic mass is 9.45. The molecule has 1 aromatic heterocycles. The van der Waals surface area contributed by atoms with Gasteiger partial charge in [0.15, 0.2) is 0 Å². The molecule has 0 aliphatic heterocycles. The smallest absolute Gasteiger partial charge is 0.327 e. The Labute approximate surface area is 148 Å². The van der Waals surface area contributed by atoms with E-state index >= 15 is 0 Å². The first-order valence-electron chi connectivity index (χ1n) is 9.44. The molecule has 1 amide bonds. The van der Waals surface area contributed by atoms with Gasteiger partial charge in [-0.2, -0.15) is 0 Å². The minimum absolute atomic E-state index is 0.0292. The van der Waals surface area contributed by atoms with Crippen LogP contribution in [0, 0.1) is 18.8 Å². The molecule has 2 atom stereocenters. The lowest BCUT2D eigenvalue weighted by Gasteiger charge is -2.62. The summed E-state index contributed by atoms with van der Waals surface area (Å²) in [5, 5.41) is 3.42. The van der Waals surface area contributed by atoms with E-state index in [4.69, 9.17) is 0 Å². The van der Waals surface area contributed by atoms with Crippen LogP contribution in [0.2, 0.25) is 0 Å². The van der Waals surface area contributed by atoms with Crippen LogP contribution in [0.25, 0.3) is 0 Å². The summed E-state index contributed by atoms with van der Waals surface area (Å²) in [5.74, 6) is 1.48. The third-order valence-corrected chi connectivity index (χ3v) is 6.84. The molecule has 130 valence electrons. The van der Waals surface area contributed by atoms with Crippen LogP contribution >= 0.6 is 0 Å². The van der Waals surface area contributed by atoms with E-state index in [-0.39, 0.29) is 17.0 Å². The van der Waals surface area contributed by atoms with Crippen molar-refractivity contribution in [2.45, 2.75) is 56.4 Å². The molecular weight excluding hydrogens is 310 g/mol. The van der Waals surface area contributed by atoms with E-state index < -0.39 is 0 Å². The number of aryl methyl sites for hydroxylation is 1. The van der Waals surface area contributed by atoms with Crippen molar-refractivity contribution in [3.05, 3.63) is 54.1 Å². The highest BCUT2D eigenvalue weighted by Gasteiger charge is 2.58. The zero-order chi connectivity index (χ0) is 17.1. The standard InChI is InChI=1S/C21H25N3O/c1-15-2-4-18(5-3-15)20-9-16-8-17(10-20)12-21(11-16,13-20)23-19(25)24-7-6-22-14-24/h2-7,14,16-17H,8-13H2,1H3,(H,23,25). The molecule has 4 heteroatoms. The molecule has 6 rings (SSSR count). The minimum atomic E-state index is -0.0453. The fourth-order valence-electron chi connectivity index (χ4n) is 6.32. The second kappa shape index (κ2) is 5.20. The first-order valence-corrected chi connectivity index (χ1v) is 9.44. The molecule has 4 fully saturated rings. The van der Waals surface area contributed by atoms with Crippen LogP contribution in [0.1, 0.15) is 49.7 Å². The topological polar surface area (TPSA) is 46.9 Å². The number of aromatic nitrogens is 2. The summed E-state index contributed by atoms with van der Waals surface area (Å²) in [5.41, 5.74) is 3.00. The van der Waals surface area contributed by atoms with E-state index in [1.165, 1.54) is 30.4 Å². The van der Waals surface area contributed by atoms with Crippen molar-refractivity contribution in [1.82, 2.24) is 14.9 Å². The highest BCUT2D eigenvalue weighted by molar-refractivity contribution is 5.77. The summed E-state index contributed by atoms with van der Waals surface area (Å²) < 4.78 is 1.57. The van der Waals surface area contributed by atoms with Gasteiger partial charge in [0.05, 0.1) is 0 Å². The Morgan fingerprint density at radius 3 is 2.52 bits per heavy atom. The zero-order valence-corrected chi connectivity index (χ0v) is 14.7. The summed E-state index contributed by atoms with van der Waals surface area (Å²) in [6, 6.07) is 9.11. The van der Waals surface area contributed by atoms with E-state index in [9.17, 15) is 4.79 Å². The molecular formula is C21H25N3O. The van der Waals surface area contributed by atoms with Crippen LogP contribution in [0.15, 0.2) is 43.0 Å². The first-order chi connectivity index (χ1) is 12.1. The molecule has 4 nitrogen and oxygen atoms in total. The van der Waals surface area contributed by atoms with Gasteiger partial charge >= 0.3 is 6.03 Å². The number of hydrogen-bond acceptors (Lipinski definition) is 2. The number of amides is 1. The number of benzene rings is 1. The molecule has 0 radical (unpaired) electrons. The lowest BCUT2D eigenvalue weighted by Crippen LogP contribution is -2.64. The third kappa shape index (κ3) is 2.42. The maximum atomic E-state index is 12.7. The Morgan fingerprint density at radius 1 is 1.16 bits per heavy atom. The fraction of sp³-hybridized carbons (Fsp3) is 0.524. The summed E-state index contributed by atoms with van der Waals surface area (Å²) >= 11 is 0. The molecule has 1 aromatic carbocycles. The number of hydrogen-bond donors (Lipinski definition) is 1. The van der Waals surface area contributed by atoms with Gasteiger partial charge in [-0.15, -0.1) is 0 Å². The number of nitrogens with zero attached hydrogens (tertiary/aromatic N) is 2. The van der Waals surface area contributed by atoms with Crippen LogP contribution in [-0.4, -0.2) is 21.1 Å². The summed E-state index contributed by atoms with van der Waals surface area (Å²) in [6.07, 6.45) is 12.2. The summed E-state index contributed by atoms with van der Waals surface area (Å²) in [6.45, 7) is 2.15.